The molecule has 1 amide bonds. The molecule has 4 heteroatoms. The van der Waals surface area contributed by atoms with Crippen LogP contribution in [0.15, 0.2) is 47.2 Å². The van der Waals surface area contributed by atoms with Gasteiger partial charge in [-0.1, -0.05) is 24.3 Å². The lowest BCUT2D eigenvalue weighted by Gasteiger charge is -2.08. The fourth-order valence-electron chi connectivity index (χ4n) is 2.25. The number of thiophene rings is 1. The third-order valence-corrected chi connectivity index (χ3v) is 4.42. The van der Waals surface area contributed by atoms with Crippen LogP contribution >= 0.6 is 11.3 Å². The summed E-state index contributed by atoms with van der Waals surface area (Å²) in [6.07, 6.45) is 0. The van der Waals surface area contributed by atoms with Crippen molar-refractivity contribution in [3.63, 3.8) is 0 Å². The number of phenolic OH excluding ortho intramolecular Hbond substituents is 1. The second kappa shape index (κ2) is 5.58. The lowest BCUT2D eigenvalue weighted by atomic mass is 10.1. The van der Waals surface area contributed by atoms with Gasteiger partial charge in [0.05, 0.1) is 5.56 Å². The standard InChI is InChI=1S/C17H15NO2S/c1-11-9-21-10-14(11)8-18-17(20)15-6-12-4-2-3-5-13(12)7-16(15)19/h2-7,9-10,19H,8H2,1H3,(H,18,20). The van der Waals surface area contributed by atoms with Crippen molar-refractivity contribution in [1.82, 2.24) is 5.32 Å². The van der Waals surface area contributed by atoms with Crippen LogP contribution in [0.1, 0.15) is 21.5 Å². The molecule has 0 aliphatic heterocycles. The summed E-state index contributed by atoms with van der Waals surface area (Å²) >= 11 is 1.62. The third kappa shape index (κ3) is 2.76. The fraction of sp³-hybridized carbons (Fsp3) is 0.118. The summed E-state index contributed by atoms with van der Waals surface area (Å²) in [6, 6.07) is 11.0. The Morgan fingerprint density at radius 2 is 1.90 bits per heavy atom. The van der Waals surface area contributed by atoms with Crippen molar-refractivity contribution in [2.45, 2.75) is 13.5 Å². The number of fused-ring (bicyclic) bond motifs is 1. The Hall–Kier alpha value is -2.33. The van der Waals surface area contributed by atoms with Crippen molar-refractivity contribution in [2.75, 3.05) is 0 Å². The van der Waals surface area contributed by atoms with Crippen LogP contribution in [0.3, 0.4) is 0 Å². The first-order valence-electron chi connectivity index (χ1n) is 6.67. The molecule has 0 saturated carbocycles. The van der Waals surface area contributed by atoms with Crippen molar-refractivity contribution in [1.29, 1.82) is 0 Å². The normalized spacial score (nSPS) is 10.7. The smallest absolute Gasteiger partial charge is 0.255 e. The molecule has 0 bridgehead atoms. The summed E-state index contributed by atoms with van der Waals surface area (Å²) in [6.45, 7) is 2.49. The predicted molar refractivity (Wildman–Crippen MR) is 85.8 cm³/mol. The zero-order valence-corrected chi connectivity index (χ0v) is 12.4. The van der Waals surface area contributed by atoms with Crippen molar-refractivity contribution < 1.29 is 9.90 Å². The quantitative estimate of drug-likeness (QED) is 0.771. The second-order valence-corrected chi connectivity index (χ2v) is 5.72. The van der Waals surface area contributed by atoms with E-state index in [0.29, 0.717) is 12.1 Å². The monoisotopic (exact) mass is 297 g/mol. The van der Waals surface area contributed by atoms with E-state index in [1.54, 1.807) is 23.5 Å². The van der Waals surface area contributed by atoms with Crippen LogP contribution in [0.4, 0.5) is 0 Å². The van der Waals surface area contributed by atoms with Gasteiger partial charge in [-0.05, 0) is 51.7 Å². The maximum absolute atomic E-state index is 12.2. The number of hydrogen-bond donors (Lipinski definition) is 2. The van der Waals surface area contributed by atoms with Crippen LogP contribution in [-0.4, -0.2) is 11.0 Å². The number of carbonyl (C=O) groups is 1. The number of carbonyl (C=O) groups excluding carboxylic acids is 1. The van der Waals surface area contributed by atoms with E-state index in [-0.39, 0.29) is 11.7 Å². The number of rotatable bonds is 3. The molecule has 0 fully saturated rings. The van der Waals surface area contributed by atoms with Crippen molar-refractivity contribution in [3.05, 3.63) is 63.8 Å². The number of aryl methyl sites for hydroxylation is 1. The summed E-state index contributed by atoms with van der Waals surface area (Å²) in [5, 5.41) is 18.8. The Balaban J connectivity index is 1.84. The van der Waals surface area contributed by atoms with E-state index >= 15 is 0 Å². The molecule has 1 aromatic heterocycles. The molecule has 3 rings (SSSR count). The highest BCUT2D eigenvalue weighted by atomic mass is 32.1. The second-order valence-electron chi connectivity index (χ2n) is 4.98. The van der Waals surface area contributed by atoms with Crippen LogP contribution in [0, 0.1) is 6.92 Å². The van der Waals surface area contributed by atoms with E-state index in [1.807, 2.05) is 36.6 Å². The maximum Gasteiger partial charge on any atom is 0.255 e. The fourth-order valence-corrected chi connectivity index (χ4v) is 3.11. The van der Waals surface area contributed by atoms with Crippen LogP contribution < -0.4 is 5.32 Å². The van der Waals surface area contributed by atoms with Gasteiger partial charge in [-0.15, -0.1) is 0 Å². The molecule has 21 heavy (non-hydrogen) atoms. The SMILES string of the molecule is Cc1cscc1CNC(=O)c1cc2ccccc2cc1O. The lowest BCUT2D eigenvalue weighted by Crippen LogP contribution is -2.23. The van der Waals surface area contributed by atoms with Gasteiger partial charge in [0.25, 0.3) is 5.91 Å². The van der Waals surface area contributed by atoms with E-state index in [9.17, 15) is 9.90 Å². The predicted octanol–water partition coefficient (Wildman–Crippen LogP) is 3.85. The molecule has 0 radical (unpaired) electrons. The van der Waals surface area contributed by atoms with Crippen LogP contribution in [0.5, 0.6) is 5.75 Å². The number of benzene rings is 2. The van der Waals surface area contributed by atoms with Gasteiger partial charge >= 0.3 is 0 Å². The summed E-state index contributed by atoms with van der Waals surface area (Å²) < 4.78 is 0. The Morgan fingerprint density at radius 3 is 2.57 bits per heavy atom. The number of nitrogens with one attached hydrogen (secondary N) is 1. The highest BCUT2D eigenvalue weighted by Gasteiger charge is 2.12. The van der Waals surface area contributed by atoms with Crippen molar-refractivity contribution in [3.8, 4) is 5.75 Å². The van der Waals surface area contributed by atoms with Gasteiger partial charge in [0.2, 0.25) is 0 Å². The van der Waals surface area contributed by atoms with E-state index in [1.165, 1.54) is 5.56 Å². The molecule has 0 atom stereocenters. The summed E-state index contributed by atoms with van der Waals surface area (Å²) in [4.78, 5) is 12.2. The van der Waals surface area contributed by atoms with Crippen molar-refractivity contribution in [2.24, 2.45) is 0 Å². The highest BCUT2D eigenvalue weighted by molar-refractivity contribution is 7.08. The molecule has 2 aromatic carbocycles. The Morgan fingerprint density at radius 1 is 1.19 bits per heavy atom. The summed E-state index contributed by atoms with van der Waals surface area (Å²) in [7, 11) is 0. The largest absolute Gasteiger partial charge is 0.507 e. The van der Waals surface area contributed by atoms with E-state index in [0.717, 1.165) is 16.3 Å². The molecule has 0 saturated heterocycles. The molecule has 0 aliphatic rings. The first-order chi connectivity index (χ1) is 10.1. The number of aromatic hydroxyl groups is 1. The van der Waals surface area contributed by atoms with Gasteiger partial charge in [-0.3, -0.25) is 4.79 Å². The molecule has 106 valence electrons. The van der Waals surface area contributed by atoms with Gasteiger partial charge in [0, 0.05) is 6.54 Å². The topological polar surface area (TPSA) is 49.3 Å². The van der Waals surface area contributed by atoms with Gasteiger partial charge in [0.1, 0.15) is 5.75 Å². The first kappa shape index (κ1) is 13.6. The number of amides is 1. The molecular weight excluding hydrogens is 282 g/mol. The number of hydrogen-bond acceptors (Lipinski definition) is 3. The van der Waals surface area contributed by atoms with Gasteiger partial charge < -0.3 is 10.4 Å². The minimum absolute atomic E-state index is 0.00763. The highest BCUT2D eigenvalue weighted by Crippen LogP contribution is 2.25. The zero-order valence-electron chi connectivity index (χ0n) is 11.6. The van der Waals surface area contributed by atoms with E-state index in [2.05, 4.69) is 10.7 Å². The molecule has 1 heterocycles. The molecule has 3 aromatic rings. The lowest BCUT2D eigenvalue weighted by molar-refractivity contribution is 0.0948. The molecule has 0 spiro atoms. The number of phenols is 1. The van der Waals surface area contributed by atoms with E-state index in [4.69, 9.17) is 0 Å². The molecule has 3 nitrogen and oxygen atoms in total. The third-order valence-electron chi connectivity index (χ3n) is 3.51. The average molecular weight is 297 g/mol. The molecular formula is C17H15NO2S. The summed E-state index contributed by atoms with van der Waals surface area (Å²) in [5.41, 5.74) is 2.58. The Bertz CT molecular complexity index is 807. The Kier molecular flexibility index (Phi) is 3.62. The molecule has 2 N–H and O–H groups in total. The minimum Gasteiger partial charge on any atom is -0.507 e. The minimum atomic E-state index is -0.260. The maximum atomic E-state index is 12.2. The summed E-state index contributed by atoms with van der Waals surface area (Å²) in [5.74, 6) is -0.253. The first-order valence-corrected chi connectivity index (χ1v) is 7.61. The van der Waals surface area contributed by atoms with Crippen LogP contribution in [-0.2, 0) is 6.54 Å². The zero-order chi connectivity index (χ0) is 14.8. The Labute approximate surface area is 126 Å². The average Bonchev–Trinajstić information content (AvgIpc) is 2.89. The van der Waals surface area contributed by atoms with Gasteiger partial charge in [0.15, 0.2) is 0 Å². The van der Waals surface area contributed by atoms with Gasteiger partial charge in [-0.25, -0.2) is 0 Å². The van der Waals surface area contributed by atoms with Crippen molar-refractivity contribution >= 4 is 28.0 Å². The molecule has 0 unspecified atom stereocenters. The van der Waals surface area contributed by atoms with Gasteiger partial charge in [-0.2, -0.15) is 11.3 Å². The van der Waals surface area contributed by atoms with E-state index < -0.39 is 0 Å². The molecule has 0 aliphatic carbocycles. The van der Waals surface area contributed by atoms with Crippen LogP contribution in [0.2, 0.25) is 0 Å². The van der Waals surface area contributed by atoms with Crippen LogP contribution in [0.25, 0.3) is 10.8 Å².